The van der Waals surface area contributed by atoms with Gasteiger partial charge in [0.1, 0.15) is 0 Å². The first-order valence-electron chi connectivity index (χ1n) is 7.67. The van der Waals surface area contributed by atoms with Crippen molar-refractivity contribution in [1.82, 2.24) is 10.6 Å². The molecule has 1 saturated carbocycles. The number of benzene rings is 1. The summed E-state index contributed by atoms with van der Waals surface area (Å²) in [5.41, 5.74) is 1.78. The summed E-state index contributed by atoms with van der Waals surface area (Å²) in [7, 11) is 1.80. The molecule has 1 aromatic carbocycles. The van der Waals surface area contributed by atoms with Gasteiger partial charge in [0.05, 0.1) is 11.6 Å². The third-order valence-corrected chi connectivity index (χ3v) is 4.02. The molecule has 1 aromatic rings. The van der Waals surface area contributed by atoms with Gasteiger partial charge in [0.25, 0.3) is 0 Å². The Bertz CT molecular complexity index is 530. The second-order valence-corrected chi connectivity index (χ2v) is 5.85. The number of nitrogens with one attached hydrogen (secondary N) is 2. The molecule has 0 aliphatic heterocycles. The van der Waals surface area contributed by atoms with Crippen LogP contribution in [0.15, 0.2) is 29.3 Å². The molecule has 0 amide bonds. The molecule has 21 heavy (non-hydrogen) atoms. The summed E-state index contributed by atoms with van der Waals surface area (Å²) in [6.07, 6.45) is 5.06. The van der Waals surface area contributed by atoms with E-state index in [2.05, 4.69) is 28.6 Å². The fraction of sp³-hybridized carbons (Fsp3) is 0.529. The SMILES string of the molecule is CN=C(NCc1cccc(C#N)c1)NC1CCCC(C)C1. The summed E-state index contributed by atoms with van der Waals surface area (Å²) in [6.45, 7) is 2.99. The third-order valence-electron chi connectivity index (χ3n) is 4.02. The van der Waals surface area contributed by atoms with Gasteiger partial charge < -0.3 is 10.6 Å². The molecule has 2 rings (SSSR count). The van der Waals surface area contributed by atoms with Gasteiger partial charge in [-0.25, -0.2) is 0 Å². The first-order valence-corrected chi connectivity index (χ1v) is 7.67. The van der Waals surface area contributed by atoms with E-state index < -0.39 is 0 Å². The predicted molar refractivity (Wildman–Crippen MR) is 85.9 cm³/mol. The lowest BCUT2D eigenvalue weighted by Crippen LogP contribution is -2.44. The normalized spacial score (nSPS) is 22.4. The van der Waals surface area contributed by atoms with Crippen LogP contribution in [0.1, 0.15) is 43.7 Å². The van der Waals surface area contributed by atoms with E-state index in [-0.39, 0.29) is 0 Å². The first kappa shape index (κ1) is 15.4. The van der Waals surface area contributed by atoms with Crippen LogP contribution in [0.25, 0.3) is 0 Å². The van der Waals surface area contributed by atoms with Crippen molar-refractivity contribution < 1.29 is 0 Å². The quantitative estimate of drug-likeness (QED) is 0.663. The Morgan fingerprint density at radius 2 is 2.29 bits per heavy atom. The van der Waals surface area contributed by atoms with Crippen LogP contribution >= 0.6 is 0 Å². The highest BCUT2D eigenvalue weighted by molar-refractivity contribution is 5.79. The average Bonchev–Trinajstić information content (AvgIpc) is 2.51. The highest BCUT2D eigenvalue weighted by Gasteiger charge is 2.19. The molecule has 1 aliphatic carbocycles. The minimum atomic E-state index is 0.519. The molecule has 2 unspecified atom stereocenters. The maximum atomic E-state index is 8.92. The molecule has 0 aromatic heterocycles. The summed E-state index contributed by atoms with van der Waals surface area (Å²) < 4.78 is 0. The minimum Gasteiger partial charge on any atom is -0.354 e. The van der Waals surface area contributed by atoms with Gasteiger partial charge in [-0.05, 0) is 36.5 Å². The van der Waals surface area contributed by atoms with E-state index in [9.17, 15) is 0 Å². The van der Waals surface area contributed by atoms with Crippen LogP contribution < -0.4 is 10.6 Å². The zero-order valence-electron chi connectivity index (χ0n) is 12.9. The van der Waals surface area contributed by atoms with E-state index in [1.165, 1.54) is 25.7 Å². The Kier molecular flexibility index (Phi) is 5.62. The van der Waals surface area contributed by atoms with Crippen molar-refractivity contribution in [3.63, 3.8) is 0 Å². The van der Waals surface area contributed by atoms with E-state index in [0.29, 0.717) is 18.2 Å². The molecule has 0 saturated heterocycles. The number of rotatable bonds is 3. The van der Waals surface area contributed by atoms with E-state index in [1.54, 1.807) is 7.05 Å². The van der Waals surface area contributed by atoms with E-state index in [0.717, 1.165) is 17.4 Å². The Hall–Kier alpha value is -2.02. The zero-order valence-corrected chi connectivity index (χ0v) is 12.9. The van der Waals surface area contributed by atoms with Crippen LogP contribution in [-0.4, -0.2) is 19.0 Å². The van der Waals surface area contributed by atoms with E-state index >= 15 is 0 Å². The highest BCUT2D eigenvalue weighted by atomic mass is 15.2. The monoisotopic (exact) mass is 284 g/mol. The number of aliphatic imine (C=N–C) groups is 1. The fourth-order valence-corrected chi connectivity index (χ4v) is 2.89. The summed E-state index contributed by atoms with van der Waals surface area (Å²) in [5.74, 6) is 1.64. The second kappa shape index (κ2) is 7.68. The lowest BCUT2D eigenvalue weighted by Gasteiger charge is -2.28. The lowest BCUT2D eigenvalue weighted by molar-refractivity contribution is 0.324. The lowest BCUT2D eigenvalue weighted by atomic mass is 9.87. The molecule has 0 bridgehead atoms. The average molecular weight is 284 g/mol. The minimum absolute atomic E-state index is 0.519. The Morgan fingerprint density at radius 3 is 3.00 bits per heavy atom. The summed E-state index contributed by atoms with van der Waals surface area (Å²) >= 11 is 0. The maximum absolute atomic E-state index is 8.92. The number of guanidine groups is 1. The van der Waals surface area contributed by atoms with Crippen LogP contribution in [0.4, 0.5) is 0 Å². The van der Waals surface area contributed by atoms with Crippen LogP contribution in [-0.2, 0) is 6.54 Å². The molecular formula is C17H24N4. The van der Waals surface area contributed by atoms with Crippen molar-refractivity contribution in [2.24, 2.45) is 10.9 Å². The first-order chi connectivity index (χ1) is 10.2. The Labute approximate surface area is 127 Å². The second-order valence-electron chi connectivity index (χ2n) is 5.85. The molecule has 0 heterocycles. The Balaban J connectivity index is 1.86. The Morgan fingerprint density at radius 1 is 1.43 bits per heavy atom. The van der Waals surface area contributed by atoms with E-state index in [4.69, 9.17) is 5.26 Å². The number of nitrogens with zero attached hydrogens (tertiary/aromatic N) is 2. The van der Waals surface area contributed by atoms with Gasteiger partial charge in [-0.2, -0.15) is 5.26 Å². The zero-order chi connectivity index (χ0) is 15.1. The van der Waals surface area contributed by atoms with E-state index in [1.807, 2.05) is 24.3 Å². The molecule has 2 atom stereocenters. The molecule has 2 N–H and O–H groups in total. The van der Waals surface area contributed by atoms with Gasteiger partial charge in [-0.15, -0.1) is 0 Å². The molecule has 1 aliphatic rings. The summed E-state index contributed by atoms with van der Waals surface area (Å²) in [6, 6.07) is 10.3. The van der Waals surface area contributed by atoms with Crippen LogP contribution in [0.3, 0.4) is 0 Å². The van der Waals surface area contributed by atoms with Crippen molar-refractivity contribution in [3.8, 4) is 6.07 Å². The molecule has 0 spiro atoms. The molecular weight excluding hydrogens is 260 g/mol. The topological polar surface area (TPSA) is 60.2 Å². The van der Waals surface area contributed by atoms with Crippen LogP contribution in [0.5, 0.6) is 0 Å². The van der Waals surface area contributed by atoms with Crippen LogP contribution in [0, 0.1) is 17.2 Å². The standard InChI is InChI=1S/C17H24N4/c1-13-5-3-8-16(9-13)21-17(19-2)20-12-15-7-4-6-14(10-15)11-18/h4,6-7,10,13,16H,3,5,8-9,12H2,1-2H3,(H2,19,20,21). The van der Waals surface area contributed by atoms with Crippen molar-refractivity contribution in [1.29, 1.82) is 5.26 Å². The molecule has 0 radical (unpaired) electrons. The van der Waals surface area contributed by atoms with Gasteiger partial charge in [-0.1, -0.05) is 31.9 Å². The predicted octanol–water partition coefficient (Wildman–Crippen LogP) is 2.80. The van der Waals surface area contributed by atoms with Gasteiger partial charge >= 0.3 is 0 Å². The fourth-order valence-electron chi connectivity index (χ4n) is 2.89. The summed E-state index contributed by atoms with van der Waals surface area (Å²) in [5, 5.41) is 15.8. The largest absolute Gasteiger partial charge is 0.354 e. The molecule has 112 valence electrons. The van der Waals surface area contributed by atoms with Gasteiger partial charge in [0.15, 0.2) is 5.96 Å². The van der Waals surface area contributed by atoms with Crippen molar-refractivity contribution in [3.05, 3.63) is 35.4 Å². The molecule has 4 nitrogen and oxygen atoms in total. The number of hydrogen-bond acceptors (Lipinski definition) is 2. The number of hydrogen-bond donors (Lipinski definition) is 2. The van der Waals surface area contributed by atoms with Crippen molar-refractivity contribution in [2.75, 3.05) is 7.05 Å². The molecule has 4 heteroatoms. The molecule has 1 fully saturated rings. The smallest absolute Gasteiger partial charge is 0.191 e. The number of nitriles is 1. The highest BCUT2D eigenvalue weighted by Crippen LogP contribution is 2.23. The summed E-state index contributed by atoms with van der Waals surface area (Å²) in [4.78, 5) is 4.29. The van der Waals surface area contributed by atoms with Crippen molar-refractivity contribution in [2.45, 2.75) is 45.2 Å². The van der Waals surface area contributed by atoms with Gasteiger partial charge in [-0.3, -0.25) is 4.99 Å². The van der Waals surface area contributed by atoms with Gasteiger partial charge in [0.2, 0.25) is 0 Å². The van der Waals surface area contributed by atoms with Crippen LogP contribution in [0.2, 0.25) is 0 Å². The third kappa shape index (κ3) is 4.78. The van der Waals surface area contributed by atoms with Gasteiger partial charge in [0, 0.05) is 19.6 Å². The van der Waals surface area contributed by atoms with Crippen molar-refractivity contribution >= 4 is 5.96 Å². The maximum Gasteiger partial charge on any atom is 0.191 e.